The molecule has 2 aliphatic rings. The van der Waals surface area contributed by atoms with Crippen LogP contribution in [0.15, 0.2) is 104 Å². The van der Waals surface area contributed by atoms with E-state index >= 15 is 0 Å². The van der Waals surface area contributed by atoms with Crippen molar-refractivity contribution in [3.05, 3.63) is 109 Å². The van der Waals surface area contributed by atoms with Gasteiger partial charge in [-0.15, -0.1) is 6.58 Å². The Hall–Kier alpha value is -2.62. The lowest BCUT2D eigenvalue weighted by molar-refractivity contribution is -0.241. The third-order valence-corrected chi connectivity index (χ3v) is 13.0. The Balaban J connectivity index is 1.49. The molecule has 5 atom stereocenters. The molecule has 0 bridgehead atoms. The van der Waals surface area contributed by atoms with Crippen LogP contribution < -0.4 is 10.4 Å². The van der Waals surface area contributed by atoms with Crippen LogP contribution in [0.3, 0.4) is 0 Å². The number of ether oxygens (including phenoxy) is 4. The van der Waals surface area contributed by atoms with Crippen molar-refractivity contribution in [1.82, 2.24) is 0 Å². The average Bonchev–Trinajstić information content (AvgIpc) is 3.45. The quantitative estimate of drug-likeness (QED) is 0.273. The second-order valence-corrected chi connectivity index (χ2v) is 16.7. The largest absolute Gasteiger partial charge is 0.404 e. The molecule has 2 heterocycles. The van der Waals surface area contributed by atoms with E-state index in [1.165, 1.54) is 6.08 Å². The van der Waals surface area contributed by atoms with E-state index in [2.05, 4.69) is 51.6 Å². The van der Waals surface area contributed by atoms with E-state index in [4.69, 9.17) is 23.4 Å². The highest BCUT2D eigenvalue weighted by Crippen LogP contribution is 2.43. The summed E-state index contributed by atoms with van der Waals surface area (Å²) in [4.78, 5) is 0. The molecule has 1 N–H and O–H groups in total. The van der Waals surface area contributed by atoms with Gasteiger partial charge in [0.05, 0.1) is 13.2 Å². The van der Waals surface area contributed by atoms with Crippen molar-refractivity contribution in [3.63, 3.8) is 0 Å². The van der Waals surface area contributed by atoms with Crippen molar-refractivity contribution < 1.29 is 28.5 Å². The fourth-order valence-corrected chi connectivity index (χ4v) is 10.7. The first-order valence-corrected chi connectivity index (χ1v) is 16.2. The van der Waals surface area contributed by atoms with Crippen LogP contribution in [0.1, 0.15) is 40.2 Å². The summed E-state index contributed by atoms with van der Waals surface area (Å²) in [6, 6.07) is 30.6. The Morgan fingerprint density at radius 1 is 0.878 bits per heavy atom. The minimum atomic E-state index is -2.94. The summed E-state index contributed by atoms with van der Waals surface area (Å²) in [6.07, 6.45) is -1.13. The molecule has 218 valence electrons. The zero-order valence-corrected chi connectivity index (χ0v) is 25.7. The summed E-state index contributed by atoms with van der Waals surface area (Å²) in [5.41, 5.74) is -0.575. The number of aliphatic hydroxyl groups is 1. The van der Waals surface area contributed by atoms with Crippen molar-refractivity contribution >= 4 is 18.7 Å². The molecular formula is C34H42O6Si. The Labute approximate surface area is 245 Å². The van der Waals surface area contributed by atoms with Gasteiger partial charge in [-0.1, -0.05) is 118 Å². The molecule has 7 heteroatoms. The number of hydrogen-bond acceptors (Lipinski definition) is 6. The minimum absolute atomic E-state index is 0.0392. The highest BCUT2D eigenvalue weighted by atomic mass is 28.4. The first-order chi connectivity index (χ1) is 19.5. The van der Waals surface area contributed by atoms with Gasteiger partial charge in [-0.25, -0.2) is 0 Å². The molecule has 5 rings (SSSR count). The molecule has 2 saturated heterocycles. The van der Waals surface area contributed by atoms with Crippen LogP contribution in [0.5, 0.6) is 0 Å². The maximum Gasteiger partial charge on any atom is 0.261 e. The van der Waals surface area contributed by atoms with E-state index in [0.29, 0.717) is 6.61 Å². The van der Waals surface area contributed by atoms with E-state index in [1.807, 2.05) is 80.6 Å². The standard InChI is InChI=1S/C34H42O6Si/c1-7-34(35,24-37-41(32(2,3)4,26-19-13-9-14-20-26)27-21-15-10-16-22-27)30-28(36-23-25-17-11-8-12-18-25)29-31(38-30)40-33(5,6)39-29/h7-22,28-31,35H,1,23-24H2,2-6H3/t28-,29-,30+,31-,34-/m1/s1. The van der Waals surface area contributed by atoms with Gasteiger partial charge < -0.3 is 28.5 Å². The van der Waals surface area contributed by atoms with E-state index in [-0.39, 0.29) is 11.6 Å². The molecule has 0 unspecified atom stereocenters. The topological polar surface area (TPSA) is 66.4 Å². The van der Waals surface area contributed by atoms with Gasteiger partial charge in [0.2, 0.25) is 0 Å². The molecule has 3 aromatic carbocycles. The summed E-state index contributed by atoms with van der Waals surface area (Å²) in [5, 5.41) is 14.2. The van der Waals surface area contributed by atoms with Crippen LogP contribution in [0.25, 0.3) is 0 Å². The van der Waals surface area contributed by atoms with Gasteiger partial charge in [0, 0.05) is 0 Å². The molecule has 0 aliphatic carbocycles. The summed E-state index contributed by atoms with van der Waals surface area (Å²) >= 11 is 0. The lowest BCUT2D eigenvalue weighted by Crippen LogP contribution is -2.68. The smallest absolute Gasteiger partial charge is 0.261 e. The second kappa shape index (κ2) is 11.6. The van der Waals surface area contributed by atoms with Crippen molar-refractivity contribution in [3.8, 4) is 0 Å². The zero-order valence-electron chi connectivity index (χ0n) is 24.7. The van der Waals surface area contributed by atoms with Crippen LogP contribution in [0, 0.1) is 0 Å². The lowest BCUT2D eigenvalue weighted by Gasteiger charge is -2.45. The summed E-state index contributed by atoms with van der Waals surface area (Å²) in [5.74, 6) is -0.827. The number of benzene rings is 3. The average molecular weight is 575 g/mol. The molecule has 0 radical (unpaired) electrons. The van der Waals surface area contributed by atoms with Gasteiger partial charge >= 0.3 is 0 Å². The van der Waals surface area contributed by atoms with E-state index < -0.39 is 44.3 Å². The SMILES string of the molecule is C=C[C@@](O)(CO[Si](c1ccccc1)(c1ccccc1)C(C)(C)C)[C@H]1O[C@@H]2OC(C)(C)O[C@@H]2[C@H]1OCc1ccccc1. The van der Waals surface area contributed by atoms with E-state index in [0.717, 1.165) is 15.9 Å². The van der Waals surface area contributed by atoms with Gasteiger partial charge in [-0.05, 0) is 34.8 Å². The van der Waals surface area contributed by atoms with Crippen molar-refractivity contribution in [1.29, 1.82) is 0 Å². The Morgan fingerprint density at radius 2 is 1.41 bits per heavy atom. The third-order valence-electron chi connectivity index (χ3n) is 8.06. The number of rotatable bonds is 10. The van der Waals surface area contributed by atoms with Crippen molar-refractivity contribution in [2.75, 3.05) is 6.61 Å². The summed E-state index contributed by atoms with van der Waals surface area (Å²) < 4.78 is 32.2. The van der Waals surface area contributed by atoms with E-state index in [9.17, 15) is 5.11 Å². The molecule has 3 aromatic rings. The highest BCUT2D eigenvalue weighted by molar-refractivity contribution is 6.99. The molecule has 0 aromatic heterocycles. The third kappa shape index (κ3) is 5.86. The lowest BCUT2D eigenvalue weighted by atomic mass is 9.92. The van der Waals surface area contributed by atoms with Crippen LogP contribution in [-0.4, -0.2) is 56.0 Å². The molecule has 2 fully saturated rings. The molecular weight excluding hydrogens is 532 g/mol. The van der Waals surface area contributed by atoms with Gasteiger partial charge in [0.25, 0.3) is 8.32 Å². The molecule has 6 nitrogen and oxygen atoms in total. The number of hydrogen-bond donors (Lipinski definition) is 1. The van der Waals surface area contributed by atoms with Crippen LogP contribution in [0.4, 0.5) is 0 Å². The maximum absolute atomic E-state index is 12.3. The normalized spacial score (nSPS) is 25.4. The first-order valence-electron chi connectivity index (χ1n) is 14.3. The van der Waals surface area contributed by atoms with Crippen molar-refractivity contribution in [2.24, 2.45) is 0 Å². The highest BCUT2D eigenvalue weighted by Gasteiger charge is 2.61. The molecule has 0 amide bonds. The Bertz CT molecular complexity index is 1250. The maximum atomic E-state index is 12.3. The van der Waals surface area contributed by atoms with E-state index in [1.54, 1.807) is 0 Å². The fourth-order valence-electron chi connectivity index (χ4n) is 6.07. The Kier molecular flexibility index (Phi) is 8.43. The van der Waals surface area contributed by atoms with Gasteiger partial charge in [0.1, 0.15) is 23.9 Å². The predicted octanol–water partition coefficient (Wildman–Crippen LogP) is 4.94. The molecule has 0 spiro atoms. The summed E-state index contributed by atoms with van der Waals surface area (Å²) in [6.45, 7) is 14.6. The molecule has 2 aliphatic heterocycles. The Morgan fingerprint density at radius 3 is 1.93 bits per heavy atom. The second-order valence-electron chi connectivity index (χ2n) is 12.4. The monoisotopic (exact) mass is 574 g/mol. The van der Waals surface area contributed by atoms with Crippen LogP contribution in [0.2, 0.25) is 5.04 Å². The van der Waals surface area contributed by atoms with Gasteiger partial charge in [-0.3, -0.25) is 0 Å². The van der Waals surface area contributed by atoms with Gasteiger partial charge in [0.15, 0.2) is 12.1 Å². The minimum Gasteiger partial charge on any atom is -0.404 e. The zero-order chi connectivity index (χ0) is 29.3. The van der Waals surface area contributed by atoms with Crippen molar-refractivity contribution in [2.45, 2.75) is 82.3 Å². The van der Waals surface area contributed by atoms with Crippen LogP contribution in [-0.2, 0) is 30.0 Å². The number of fused-ring (bicyclic) bond motifs is 1. The van der Waals surface area contributed by atoms with Gasteiger partial charge in [-0.2, -0.15) is 0 Å². The van der Waals surface area contributed by atoms with Crippen LogP contribution >= 0.6 is 0 Å². The molecule has 41 heavy (non-hydrogen) atoms. The summed E-state index contributed by atoms with van der Waals surface area (Å²) in [7, 11) is -2.94. The predicted molar refractivity (Wildman–Crippen MR) is 162 cm³/mol. The molecule has 0 saturated carbocycles. The fraction of sp³-hybridized carbons (Fsp3) is 0.412. The first kappa shape index (κ1) is 29.9.